The number of nitrogens with one attached hydrogen (secondary N) is 2. The van der Waals surface area contributed by atoms with Gasteiger partial charge in [0.2, 0.25) is 0 Å². The van der Waals surface area contributed by atoms with E-state index in [4.69, 9.17) is 9.47 Å². The predicted molar refractivity (Wildman–Crippen MR) is 97.1 cm³/mol. The second-order valence-corrected chi connectivity index (χ2v) is 5.57. The highest BCUT2D eigenvalue weighted by molar-refractivity contribution is 5.79. The molecule has 0 amide bonds. The van der Waals surface area contributed by atoms with Crippen molar-refractivity contribution in [2.24, 2.45) is 4.99 Å². The van der Waals surface area contributed by atoms with E-state index >= 15 is 0 Å². The third kappa shape index (κ3) is 8.82. The molecule has 0 aromatic heterocycles. The van der Waals surface area contributed by atoms with E-state index in [0.717, 1.165) is 18.4 Å². The van der Waals surface area contributed by atoms with Gasteiger partial charge >= 0.3 is 6.18 Å². The van der Waals surface area contributed by atoms with E-state index in [1.54, 1.807) is 7.11 Å². The van der Waals surface area contributed by atoms with Gasteiger partial charge in [-0.2, -0.15) is 13.2 Å². The Morgan fingerprint density at radius 3 is 2.54 bits per heavy atom. The average Bonchev–Trinajstić information content (AvgIpc) is 2.58. The number of benzene rings is 1. The van der Waals surface area contributed by atoms with Gasteiger partial charge in [0, 0.05) is 19.6 Å². The number of alkyl halides is 3. The Bertz CT molecular complexity index is 563. The molecule has 0 heterocycles. The molecule has 0 radical (unpaired) electrons. The monoisotopic (exact) mass is 375 g/mol. The summed E-state index contributed by atoms with van der Waals surface area (Å²) in [5.74, 6) is 1.80. The molecule has 0 aliphatic carbocycles. The van der Waals surface area contributed by atoms with Crippen LogP contribution in [-0.2, 0) is 6.42 Å². The third-order valence-electron chi connectivity index (χ3n) is 3.47. The first-order valence-electron chi connectivity index (χ1n) is 8.78. The molecule has 5 nitrogen and oxygen atoms in total. The van der Waals surface area contributed by atoms with Crippen molar-refractivity contribution in [2.75, 3.05) is 33.4 Å². The second kappa shape index (κ2) is 11.5. The standard InChI is InChI=1S/C18H28F3N3O2/c1-4-22-17(24-12-10-18(19,20)21)23-11-6-7-14-8-9-15(25-3)16(13-14)26-5-2/h8-9,13H,4-7,10-12H2,1-3H3,(H2,22,23,24). The van der Waals surface area contributed by atoms with E-state index in [1.165, 1.54) is 0 Å². The lowest BCUT2D eigenvalue weighted by Crippen LogP contribution is -2.39. The Morgan fingerprint density at radius 1 is 1.15 bits per heavy atom. The summed E-state index contributed by atoms with van der Waals surface area (Å²) in [5.41, 5.74) is 1.10. The maximum atomic E-state index is 12.2. The van der Waals surface area contributed by atoms with Crippen molar-refractivity contribution in [2.45, 2.75) is 39.3 Å². The molecule has 0 atom stereocenters. The minimum absolute atomic E-state index is 0.189. The molecular formula is C18H28F3N3O2. The van der Waals surface area contributed by atoms with Gasteiger partial charge < -0.3 is 20.1 Å². The number of methoxy groups -OCH3 is 1. The number of aliphatic imine (C=N–C) groups is 1. The predicted octanol–water partition coefficient (Wildman–Crippen LogP) is 3.53. The zero-order chi connectivity index (χ0) is 19.4. The lowest BCUT2D eigenvalue weighted by atomic mass is 10.1. The van der Waals surface area contributed by atoms with E-state index < -0.39 is 12.6 Å². The summed E-state index contributed by atoms with van der Waals surface area (Å²) in [4.78, 5) is 4.31. The summed E-state index contributed by atoms with van der Waals surface area (Å²) >= 11 is 0. The Morgan fingerprint density at radius 2 is 1.92 bits per heavy atom. The highest BCUT2D eigenvalue weighted by Gasteiger charge is 2.26. The third-order valence-corrected chi connectivity index (χ3v) is 3.47. The van der Waals surface area contributed by atoms with Crippen molar-refractivity contribution in [1.29, 1.82) is 0 Å². The molecule has 26 heavy (non-hydrogen) atoms. The molecule has 0 fully saturated rings. The van der Waals surface area contributed by atoms with E-state index in [1.807, 2.05) is 32.0 Å². The van der Waals surface area contributed by atoms with Crippen molar-refractivity contribution >= 4 is 5.96 Å². The number of nitrogens with zero attached hydrogens (tertiary/aromatic N) is 1. The summed E-state index contributed by atoms with van der Waals surface area (Å²) in [7, 11) is 1.60. The Hall–Kier alpha value is -2.12. The molecule has 1 aromatic rings. The molecule has 148 valence electrons. The average molecular weight is 375 g/mol. The SMILES string of the molecule is CCNC(=NCCCc1ccc(OC)c(OCC)c1)NCCC(F)(F)F. The molecule has 0 saturated heterocycles. The molecule has 2 N–H and O–H groups in total. The van der Waals surface area contributed by atoms with Gasteiger partial charge in [-0.25, -0.2) is 0 Å². The van der Waals surface area contributed by atoms with Crippen molar-refractivity contribution in [3.63, 3.8) is 0 Å². The molecule has 0 aliphatic heterocycles. The quantitative estimate of drug-likeness (QED) is 0.373. The van der Waals surface area contributed by atoms with E-state index in [2.05, 4.69) is 15.6 Å². The van der Waals surface area contributed by atoms with Crippen molar-refractivity contribution in [1.82, 2.24) is 10.6 Å². The van der Waals surface area contributed by atoms with Crippen LogP contribution in [-0.4, -0.2) is 45.5 Å². The lowest BCUT2D eigenvalue weighted by molar-refractivity contribution is -0.132. The van der Waals surface area contributed by atoms with Gasteiger partial charge in [0.05, 0.1) is 20.1 Å². The fraction of sp³-hybridized carbons (Fsp3) is 0.611. The highest BCUT2D eigenvalue weighted by atomic mass is 19.4. The Balaban J connectivity index is 2.50. The van der Waals surface area contributed by atoms with E-state index in [0.29, 0.717) is 37.2 Å². The van der Waals surface area contributed by atoms with Crippen LogP contribution in [0.25, 0.3) is 0 Å². The van der Waals surface area contributed by atoms with Crippen molar-refractivity contribution in [3.05, 3.63) is 23.8 Å². The van der Waals surface area contributed by atoms with Gasteiger partial charge in [0.15, 0.2) is 17.5 Å². The zero-order valence-corrected chi connectivity index (χ0v) is 15.6. The van der Waals surface area contributed by atoms with Gasteiger partial charge in [0.25, 0.3) is 0 Å². The number of hydrogen-bond donors (Lipinski definition) is 2. The number of halogens is 3. The second-order valence-electron chi connectivity index (χ2n) is 5.57. The minimum atomic E-state index is -4.17. The Kier molecular flexibility index (Phi) is 9.69. The van der Waals surface area contributed by atoms with Gasteiger partial charge in [-0.15, -0.1) is 0 Å². The first-order valence-corrected chi connectivity index (χ1v) is 8.78. The number of hydrogen-bond acceptors (Lipinski definition) is 3. The fourth-order valence-corrected chi connectivity index (χ4v) is 2.28. The molecular weight excluding hydrogens is 347 g/mol. The maximum absolute atomic E-state index is 12.2. The van der Waals surface area contributed by atoms with Crippen LogP contribution in [0.1, 0.15) is 32.3 Å². The van der Waals surface area contributed by atoms with Gasteiger partial charge in [-0.3, -0.25) is 4.99 Å². The fourth-order valence-electron chi connectivity index (χ4n) is 2.28. The molecule has 0 aliphatic rings. The normalized spacial score (nSPS) is 12.0. The first-order chi connectivity index (χ1) is 12.4. The van der Waals surface area contributed by atoms with Crippen LogP contribution in [0.2, 0.25) is 0 Å². The topological polar surface area (TPSA) is 54.9 Å². The summed E-state index contributed by atoms with van der Waals surface area (Å²) in [6.07, 6.45) is -3.50. The largest absolute Gasteiger partial charge is 0.493 e. The summed E-state index contributed by atoms with van der Waals surface area (Å²) < 4.78 is 47.4. The van der Waals surface area contributed by atoms with Crippen LogP contribution < -0.4 is 20.1 Å². The maximum Gasteiger partial charge on any atom is 0.390 e. The minimum Gasteiger partial charge on any atom is -0.493 e. The van der Waals surface area contributed by atoms with Crippen molar-refractivity contribution in [3.8, 4) is 11.5 Å². The summed E-state index contributed by atoms with van der Waals surface area (Å²) in [5, 5.41) is 5.64. The van der Waals surface area contributed by atoms with Crippen LogP contribution in [0.15, 0.2) is 23.2 Å². The van der Waals surface area contributed by atoms with Crippen molar-refractivity contribution < 1.29 is 22.6 Å². The molecule has 8 heteroatoms. The van der Waals surface area contributed by atoms with Gasteiger partial charge in [-0.05, 0) is 44.4 Å². The Labute approximate surface area is 153 Å². The molecule has 0 unspecified atom stereocenters. The van der Waals surface area contributed by atoms with Crippen LogP contribution in [0.5, 0.6) is 11.5 Å². The first kappa shape index (κ1) is 21.9. The number of guanidine groups is 1. The highest BCUT2D eigenvalue weighted by Crippen LogP contribution is 2.28. The molecule has 0 spiro atoms. The van der Waals surface area contributed by atoms with E-state index in [9.17, 15) is 13.2 Å². The number of aryl methyl sites for hydroxylation is 1. The van der Waals surface area contributed by atoms with Crippen LogP contribution >= 0.6 is 0 Å². The van der Waals surface area contributed by atoms with Crippen LogP contribution in [0.3, 0.4) is 0 Å². The molecule has 0 bridgehead atoms. The molecule has 1 aromatic carbocycles. The number of rotatable bonds is 10. The molecule has 1 rings (SSSR count). The smallest absolute Gasteiger partial charge is 0.390 e. The summed E-state index contributed by atoms with van der Waals surface area (Å²) in [6.45, 7) is 5.25. The van der Waals surface area contributed by atoms with Crippen LogP contribution in [0.4, 0.5) is 13.2 Å². The molecule has 0 saturated carbocycles. The lowest BCUT2D eigenvalue weighted by Gasteiger charge is -2.13. The zero-order valence-electron chi connectivity index (χ0n) is 15.6. The summed E-state index contributed by atoms with van der Waals surface area (Å²) in [6, 6.07) is 5.78. The van der Waals surface area contributed by atoms with E-state index in [-0.39, 0.29) is 6.54 Å². The number of ether oxygens (including phenoxy) is 2. The van der Waals surface area contributed by atoms with Gasteiger partial charge in [0.1, 0.15) is 0 Å². The van der Waals surface area contributed by atoms with Crippen LogP contribution in [0, 0.1) is 0 Å². The van der Waals surface area contributed by atoms with Gasteiger partial charge in [-0.1, -0.05) is 6.07 Å².